The van der Waals surface area contributed by atoms with E-state index >= 15 is 0 Å². The van der Waals surface area contributed by atoms with Crippen LogP contribution in [0.5, 0.6) is 0 Å². The number of nitrogens with zero attached hydrogens (tertiary/aromatic N) is 2. The second-order valence-electron chi connectivity index (χ2n) is 5.50. The third-order valence-corrected chi connectivity index (χ3v) is 6.84. The van der Waals surface area contributed by atoms with Crippen molar-refractivity contribution < 1.29 is 8.42 Å². The summed E-state index contributed by atoms with van der Waals surface area (Å²) in [7, 11) is -1.12. The number of piperazine rings is 1. The average Bonchev–Trinajstić information content (AvgIpc) is 2.39. The molecular weight excluding hydrogens is 340 g/mol. The van der Waals surface area contributed by atoms with Gasteiger partial charge in [0, 0.05) is 36.3 Å². The zero-order chi connectivity index (χ0) is 14.9. The van der Waals surface area contributed by atoms with Gasteiger partial charge in [0.2, 0.25) is 0 Å². The number of hydrogen-bond donors (Lipinski definition) is 0. The number of likely N-dealkylation sites (N-methyl/N-ethyl adjacent to an activating group) is 1. The van der Waals surface area contributed by atoms with E-state index in [2.05, 4.69) is 32.8 Å². The molecule has 0 aromatic heterocycles. The minimum absolute atomic E-state index is 0.380. The zero-order valence-electron chi connectivity index (χ0n) is 12.1. The first-order valence-electron chi connectivity index (χ1n) is 6.79. The lowest BCUT2D eigenvalue weighted by molar-refractivity contribution is 0.313. The molecule has 0 unspecified atom stereocenters. The van der Waals surface area contributed by atoms with Crippen molar-refractivity contribution in [3.8, 4) is 0 Å². The lowest BCUT2D eigenvalue weighted by Crippen LogP contribution is -2.44. The molecule has 6 heteroatoms. The van der Waals surface area contributed by atoms with Crippen molar-refractivity contribution in [2.75, 3.05) is 38.1 Å². The molecule has 1 aliphatic rings. The van der Waals surface area contributed by atoms with E-state index in [0.717, 1.165) is 31.9 Å². The van der Waals surface area contributed by atoms with Gasteiger partial charge in [0.1, 0.15) is 0 Å². The Balaban J connectivity index is 2.27. The normalized spacial score (nSPS) is 17.8. The second-order valence-corrected chi connectivity index (χ2v) is 8.83. The molecule has 112 valence electrons. The Labute approximate surface area is 129 Å². The summed E-state index contributed by atoms with van der Waals surface area (Å²) in [6.07, 6.45) is 0. The summed E-state index contributed by atoms with van der Waals surface area (Å²) in [5, 5.41) is -0.409. The van der Waals surface area contributed by atoms with Crippen LogP contribution in [0.4, 0.5) is 5.69 Å². The van der Waals surface area contributed by atoms with Gasteiger partial charge >= 0.3 is 0 Å². The molecule has 1 aromatic carbocycles. The van der Waals surface area contributed by atoms with Crippen molar-refractivity contribution >= 4 is 31.5 Å². The van der Waals surface area contributed by atoms with Crippen LogP contribution in [-0.2, 0) is 9.84 Å². The highest BCUT2D eigenvalue weighted by molar-refractivity contribution is 9.10. The number of anilines is 1. The number of sulfone groups is 1. The van der Waals surface area contributed by atoms with Gasteiger partial charge in [-0.05, 0) is 55.0 Å². The molecule has 4 nitrogen and oxygen atoms in total. The molecule has 0 atom stereocenters. The first kappa shape index (κ1) is 15.8. The lowest BCUT2D eigenvalue weighted by atomic mass is 10.2. The highest BCUT2D eigenvalue weighted by atomic mass is 79.9. The van der Waals surface area contributed by atoms with Gasteiger partial charge in [0.25, 0.3) is 0 Å². The predicted octanol–water partition coefficient (Wildman–Crippen LogP) is 2.38. The van der Waals surface area contributed by atoms with E-state index in [4.69, 9.17) is 0 Å². The minimum Gasteiger partial charge on any atom is -0.369 e. The van der Waals surface area contributed by atoms with Crippen molar-refractivity contribution in [2.24, 2.45) is 0 Å². The van der Waals surface area contributed by atoms with Crippen molar-refractivity contribution in [1.29, 1.82) is 0 Å². The molecule has 0 saturated carbocycles. The molecule has 0 aliphatic carbocycles. The van der Waals surface area contributed by atoms with Crippen LogP contribution in [0.3, 0.4) is 0 Å². The van der Waals surface area contributed by atoms with Crippen LogP contribution in [0.25, 0.3) is 0 Å². The molecule has 1 aromatic rings. The van der Waals surface area contributed by atoms with Gasteiger partial charge in [0.05, 0.1) is 10.1 Å². The van der Waals surface area contributed by atoms with E-state index in [-0.39, 0.29) is 0 Å². The standard InChI is InChI=1S/C14H21BrN2O2S/c1-11(2)20(18,19)14-5-4-12(10-13(14)15)17-8-6-16(3)7-9-17/h4-5,10-11H,6-9H2,1-3H3. The van der Waals surface area contributed by atoms with E-state index in [1.807, 2.05) is 12.1 Å². The fourth-order valence-corrected chi connectivity index (χ4v) is 4.38. The molecule has 0 bridgehead atoms. The van der Waals surface area contributed by atoms with E-state index in [1.54, 1.807) is 19.9 Å². The minimum atomic E-state index is -3.24. The predicted molar refractivity (Wildman–Crippen MR) is 86.2 cm³/mol. The summed E-state index contributed by atoms with van der Waals surface area (Å²) in [6, 6.07) is 5.54. The third kappa shape index (κ3) is 3.18. The summed E-state index contributed by atoms with van der Waals surface area (Å²) in [4.78, 5) is 4.96. The molecule has 1 aliphatic heterocycles. The molecule has 0 spiro atoms. The Bertz CT molecular complexity index is 579. The number of halogens is 1. The van der Waals surface area contributed by atoms with E-state index in [1.165, 1.54) is 0 Å². The van der Waals surface area contributed by atoms with E-state index in [9.17, 15) is 8.42 Å². The molecule has 0 amide bonds. The molecular formula is C14H21BrN2O2S. The molecule has 2 rings (SSSR count). The fraction of sp³-hybridized carbons (Fsp3) is 0.571. The third-order valence-electron chi connectivity index (χ3n) is 3.71. The quantitative estimate of drug-likeness (QED) is 0.829. The molecule has 0 radical (unpaired) electrons. The number of hydrogen-bond acceptors (Lipinski definition) is 4. The Morgan fingerprint density at radius 1 is 1.15 bits per heavy atom. The van der Waals surface area contributed by atoms with Crippen molar-refractivity contribution in [2.45, 2.75) is 24.0 Å². The highest BCUT2D eigenvalue weighted by Crippen LogP contribution is 2.30. The van der Waals surface area contributed by atoms with Crippen molar-refractivity contribution in [3.63, 3.8) is 0 Å². The first-order chi connectivity index (χ1) is 9.32. The first-order valence-corrected chi connectivity index (χ1v) is 9.13. The largest absolute Gasteiger partial charge is 0.369 e. The summed E-state index contributed by atoms with van der Waals surface area (Å²) in [5.41, 5.74) is 1.08. The zero-order valence-corrected chi connectivity index (χ0v) is 14.5. The maximum Gasteiger partial charge on any atom is 0.181 e. The van der Waals surface area contributed by atoms with Crippen LogP contribution in [-0.4, -0.2) is 51.8 Å². The van der Waals surface area contributed by atoms with Crippen molar-refractivity contribution in [1.82, 2.24) is 4.90 Å². The summed E-state index contributed by atoms with van der Waals surface area (Å²) in [6.45, 7) is 7.41. The maximum atomic E-state index is 12.2. The molecule has 0 N–H and O–H groups in total. The average molecular weight is 361 g/mol. The Hall–Kier alpha value is -0.590. The van der Waals surface area contributed by atoms with Crippen LogP contribution in [0, 0.1) is 0 Å². The fourth-order valence-electron chi connectivity index (χ4n) is 2.24. The van der Waals surface area contributed by atoms with Crippen LogP contribution in [0.2, 0.25) is 0 Å². The molecule has 20 heavy (non-hydrogen) atoms. The van der Waals surface area contributed by atoms with E-state index in [0.29, 0.717) is 9.37 Å². The van der Waals surface area contributed by atoms with Crippen LogP contribution >= 0.6 is 15.9 Å². The van der Waals surface area contributed by atoms with Gasteiger partial charge in [0.15, 0.2) is 9.84 Å². The topological polar surface area (TPSA) is 40.6 Å². The van der Waals surface area contributed by atoms with Crippen LogP contribution < -0.4 is 4.90 Å². The van der Waals surface area contributed by atoms with Crippen LogP contribution in [0.1, 0.15) is 13.8 Å². The van der Waals surface area contributed by atoms with Gasteiger partial charge in [-0.3, -0.25) is 0 Å². The lowest BCUT2D eigenvalue weighted by Gasteiger charge is -2.34. The van der Waals surface area contributed by atoms with Gasteiger partial charge in [-0.15, -0.1) is 0 Å². The number of benzene rings is 1. The Morgan fingerprint density at radius 3 is 2.25 bits per heavy atom. The summed E-state index contributed by atoms with van der Waals surface area (Å²) in [5.74, 6) is 0. The Morgan fingerprint density at radius 2 is 1.75 bits per heavy atom. The SMILES string of the molecule is CC(C)S(=O)(=O)c1ccc(N2CCN(C)CC2)cc1Br. The van der Waals surface area contributed by atoms with Gasteiger partial charge in [-0.1, -0.05) is 0 Å². The summed E-state index contributed by atoms with van der Waals surface area (Å²) < 4.78 is 25.1. The molecule has 1 heterocycles. The van der Waals surface area contributed by atoms with Crippen LogP contribution in [0.15, 0.2) is 27.6 Å². The molecule has 1 saturated heterocycles. The maximum absolute atomic E-state index is 12.2. The number of rotatable bonds is 3. The van der Waals surface area contributed by atoms with E-state index < -0.39 is 15.1 Å². The second kappa shape index (κ2) is 6.03. The monoisotopic (exact) mass is 360 g/mol. The van der Waals surface area contributed by atoms with Crippen molar-refractivity contribution in [3.05, 3.63) is 22.7 Å². The van der Waals surface area contributed by atoms with Gasteiger partial charge in [-0.2, -0.15) is 0 Å². The summed E-state index contributed by atoms with van der Waals surface area (Å²) >= 11 is 3.41. The smallest absolute Gasteiger partial charge is 0.181 e. The van der Waals surface area contributed by atoms with Gasteiger partial charge < -0.3 is 9.80 Å². The highest BCUT2D eigenvalue weighted by Gasteiger charge is 2.23. The van der Waals surface area contributed by atoms with Gasteiger partial charge in [-0.25, -0.2) is 8.42 Å². The Kier molecular flexibility index (Phi) is 4.76. The molecule has 1 fully saturated rings.